The summed E-state index contributed by atoms with van der Waals surface area (Å²) in [5.41, 5.74) is 0.999. The molecule has 0 aliphatic carbocycles. The van der Waals surface area contributed by atoms with Crippen LogP contribution in [0.25, 0.3) is 17.1 Å². The Morgan fingerprint density at radius 2 is 1.77 bits per heavy atom. The number of aromatic nitrogens is 2. The minimum Gasteiger partial charge on any atom is -0.493 e. The molecule has 192 valence electrons. The van der Waals surface area contributed by atoms with E-state index < -0.39 is 40.3 Å². The van der Waals surface area contributed by atoms with E-state index in [9.17, 15) is 22.0 Å². The zero-order valence-electron chi connectivity index (χ0n) is 20.6. The van der Waals surface area contributed by atoms with Gasteiger partial charge in [0, 0.05) is 6.26 Å². The highest BCUT2D eigenvalue weighted by molar-refractivity contribution is 7.90. The predicted molar refractivity (Wildman–Crippen MR) is 136 cm³/mol. The predicted octanol–water partition coefficient (Wildman–Crippen LogP) is 4.78. The smallest absolute Gasteiger partial charge is 0.329 e. The molecule has 0 N–H and O–H groups in total. The van der Waals surface area contributed by atoms with Crippen LogP contribution in [0.2, 0.25) is 0 Å². The molecular formula is C25H32F2N2O5S. The summed E-state index contributed by atoms with van der Waals surface area (Å²) in [6.45, 7) is 9.00. The molecule has 1 atom stereocenters. The number of ether oxygens (including phenoxy) is 2. The van der Waals surface area contributed by atoms with Crippen LogP contribution in [-0.4, -0.2) is 49.7 Å². The Hall–Kier alpha value is -3.14. The van der Waals surface area contributed by atoms with Crippen LogP contribution in [0, 0.1) is 0 Å². The summed E-state index contributed by atoms with van der Waals surface area (Å²) in [4.78, 5) is 13.4. The standard InChI is InChI=1S/C23H26F2N2O5S.C2H6/c1-5-15-7-9-17-18(11-15)26(13-22(24)25)23(28)27(17)19(14-33(4,29)30)16-8-10-20(31-3)21(12-16)32-6-2;1-2/h5,7-12,19,22H,1,6,13-14H2,2-4H3;1-2H3/t19-;/m0./s1. The van der Waals surface area contributed by atoms with E-state index in [0.29, 0.717) is 34.7 Å². The maximum Gasteiger partial charge on any atom is 0.329 e. The molecule has 0 unspecified atom stereocenters. The number of rotatable bonds is 10. The van der Waals surface area contributed by atoms with Gasteiger partial charge in [-0.2, -0.15) is 0 Å². The van der Waals surface area contributed by atoms with Gasteiger partial charge in [0.25, 0.3) is 6.43 Å². The molecule has 7 nitrogen and oxygen atoms in total. The lowest BCUT2D eigenvalue weighted by atomic mass is 10.1. The third-order valence-electron chi connectivity index (χ3n) is 5.19. The largest absolute Gasteiger partial charge is 0.493 e. The molecule has 3 aromatic rings. The first-order valence-corrected chi connectivity index (χ1v) is 13.3. The van der Waals surface area contributed by atoms with E-state index in [4.69, 9.17) is 9.47 Å². The molecular weight excluding hydrogens is 478 g/mol. The summed E-state index contributed by atoms with van der Waals surface area (Å²) in [6.07, 6.45) is -0.167. The highest BCUT2D eigenvalue weighted by atomic mass is 32.2. The summed E-state index contributed by atoms with van der Waals surface area (Å²) >= 11 is 0. The van der Waals surface area contributed by atoms with Crippen molar-refractivity contribution >= 4 is 26.9 Å². The molecule has 1 aromatic heterocycles. The van der Waals surface area contributed by atoms with Crippen LogP contribution in [-0.2, 0) is 16.4 Å². The summed E-state index contributed by atoms with van der Waals surface area (Å²) < 4.78 is 64.5. The zero-order valence-corrected chi connectivity index (χ0v) is 21.4. The first kappa shape index (κ1) is 28.1. The monoisotopic (exact) mass is 510 g/mol. The van der Waals surface area contributed by atoms with E-state index in [1.807, 2.05) is 13.8 Å². The van der Waals surface area contributed by atoms with E-state index in [0.717, 1.165) is 10.8 Å². The average molecular weight is 511 g/mol. The van der Waals surface area contributed by atoms with Crippen LogP contribution in [0.15, 0.2) is 47.8 Å². The molecule has 0 amide bonds. The molecule has 0 saturated heterocycles. The highest BCUT2D eigenvalue weighted by Gasteiger charge is 2.27. The van der Waals surface area contributed by atoms with Gasteiger partial charge in [-0.25, -0.2) is 22.0 Å². The topological polar surface area (TPSA) is 79.5 Å². The molecule has 0 fully saturated rings. The Bertz CT molecular complexity index is 1330. The van der Waals surface area contributed by atoms with E-state index >= 15 is 0 Å². The van der Waals surface area contributed by atoms with Crippen LogP contribution in [0.5, 0.6) is 11.5 Å². The molecule has 0 aliphatic rings. The second-order valence-electron chi connectivity index (χ2n) is 7.56. The van der Waals surface area contributed by atoms with E-state index in [1.165, 1.54) is 11.7 Å². The molecule has 0 spiro atoms. The van der Waals surface area contributed by atoms with Crippen molar-refractivity contribution < 1.29 is 26.7 Å². The van der Waals surface area contributed by atoms with Gasteiger partial charge >= 0.3 is 5.69 Å². The Balaban J connectivity index is 0.00000210. The third-order valence-corrected chi connectivity index (χ3v) is 6.11. The van der Waals surface area contributed by atoms with Gasteiger partial charge in [0.1, 0.15) is 9.84 Å². The number of fused-ring (bicyclic) bond motifs is 1. The van der Waals surface area contributed by atoms with Crippen LogP contribution >= 0.6 is 0 Å². The van der Waals surface area contributed by atoms with Crippen molar-refractivity contribution in [2.24, 2.45) is 0 Å². The first-order valence-electron chi connectivity index (χ1n) is 11.2. The highest BCUT2D eigenvalue weighted by Crippen LogP contribution is 2.33. The van der Waals surface area contributed by atoms with Crippen LogP contribution < -0.4 is 15.2 Å². The second-order valence-corrected chi connectivity index (χ2v) is 9.74. The van der Waals surface area contributed by atoms with Crippen molar-refractivity contribution in [3.8, 4) is 11.5 Å². The van der Waals surface area contributed by atoms with Gasteiger partial charge in [-0.15, -0.1) is 0 Å². The Morgan fingerprint density at radius 3 is 2.31 bits per heavy atom. The van der Waals surface area contributed by atoms with Crippen LogP contribution in [0.4, 0.5) is 8.78 Å². The molecule has 0 saturated carbocycles. The Kier molecular flexibility index (Phi) is 9.64. The molecule has 0 aliphatic heterocycles. The number of hydrogen-bond acceptors (Lipinski definition) is 5. The fourth-order valence-electron chi connectivity index (χ4n) is 3.81. The first-order chi connectivity index (χ1) is 16.6. The maximum atomic E-state index is 13.4. The van der Waals surface area contributed by atoms with Gasteiger partial charge in [0.15, 0.2) is 11.5 Å². The molecule has 35 heavy (non-hydrogen) atoms. The lowest BCUT2D eigenvalue weighted by Gasteiger charge is -2.20. The van der Waals surface area contributed by atoms with E-state index in [-0.39, 0.29) is 5.52 Å². The number of imidazole rings is 1. The molecule has 2 aromatic carbocycles. The number of benzene rings is 2. The normalized spacial score (nSPS) is 12.2. The van der Waals surface area contributed by atoms with Crippen LogP contribution in [0.3, 0.4) is 0 Å². The third kappa shape index (κ3) is 6.50. The summed E-state index contributed by atoms with van der Waals surface area (Å²) in [5.74, 6) is 0.415. The van der Waals surface area contributed by atoms with Gasteiger partial charge in [-0.05, 0) is 42.3 Å². The number of methoxy groups -OCH3 is 1. The lowest BCUT2D eigenvalue weighted by Crippen LogP contribution is -2.32. The SMILES string of the molecule is C=Cc1ccc2c(c1)n(CC(F)F)c(=O)n2[C@@H](CS(C)(=O)=O)c1ccc(OC)c(OCC)c1.CC. The summed E-state index contributed by atoms with van der Waals surface area (Å²) in [6, 6.07) is 8.77. The second kappa shape index (κ2) is 12.0. The van der Waals surface area contributed by atoms with Crippen molar-refractivity contribution in [1.29, 1.82) is 0 Å². The lowest BCUT2D eigenvalue weighted by molar-refractivity contribution is 0.126. The fraction of sp³-hybridized carbons (Fsp3) is 0.400. The molecule has 0 radical (unpaired) electrons. The number of nitrogens with zero attached hydrogens (tertiary/aromatic N) is 2. The molecule has 10 heteroatoms. The molecule has 3 rings (SSSR count). The van der Waals surface area contributed by atoms with Gasteiger partial charge in [-0.1, -0.05) is 38.6 Å². The number of halogens is 2. The minimum absolute atomic E-state index is 0.273. The van der Waals surface area contributed by atoms with Gasteiger partial charge in [0.2, 0.25) is 0 Å². The quantitative estimate of drug-likeness (QED) is 0.392. The van der Waals surface area contributed by atoms with Crippen molar-refractivity contribution in [3.05, 3.63) is 64.6 Å². The molecule has 0 bridgehead atoms. The van der Waals surface area contributed by atoms with Crippen LogP contribution in [0.1, 0.15) is 37.9 Å². The maximum absolute atomic E-state index is 13.4. The average Bonchev–Trinajstić information content (AvgIpc) is 3.08. The number of alkyl halides is 2. The van der Waals surface area contributed by atoms with E-state index in [2.05, 4.69) is 6.58 Å². The van der Waals surface area contributed by atoms with Crippen molar-refractivity contribution in [3.63, 3.8) is 0 Å². The van der Waals surface area contributed by atoms with Crippen molar-refractivity contribution in [2.45, 2.75) is 39.8 Å². The van der Waals surface area contributed by atoms with Crippen molar-refractivity contribution in [1.82, 2.24) is 9.13 Å². The van der Waals surface area contributed by atoms with Gasteiger partial charge in [-0.3, -0.25) is 9.13 Å². The summed E-state index contributed by atoms with van der Waals surface area (Å²) in [5, 5.41) is 0. The van der Waals surface area contributed by atoms with Gasteiger partial charge in [0.05, 0.1) is 43.1 Å². The van der Waals surface area contributed by atoms with Gasteiger partial charge < -0.3 is 9.47 Å². The Morgan fingerprint density at radius 1 is 1.09 bits per heavy atom. The number of sulfone groups is 1. The van der Waals surface area contributed by atoms with E-state index in [1.54, 1.807) is 49.4 Å². The summed E-state index contributed by atoms with van der Waals surface area (Å²) in [7, 11) is -2.10. The number of hydrogen-bond donors (Lipinski definition) is 0. The Labute approximate surface area is 204 Å². The zero-order chi connectivity index (χ0) is 26.3. The fourth-order valence-corrected chi connectivity index (χ4v) is 4.73. The molecule has 1 heterocycles. The van der Waals surface area contributed by atoms with Crippen molar-refractivity contribution in [2.75, 3.05) is 25.7 Å². The minimum atomic E-state index is -3.58.